The quantitative estimate of drug-likeness (QED) is 0.881. The minimum absolute atomic E-state index is 0.000225. The molecule has 136 valence electrons. The zero-order valence-electron chi connectivity index (χ0n) is 13.9. The van der Waals surface area contributed by atoms with Crippen LogP contribution in [0, 0.1) is 17.1 Å². The van der Waals surface area contributed by atoms with Crippen LogP contribution in [0.1, 0.15) is 31.2 Å². The molecule has 0 radical (unpaired) electrons. The fourth-order valence-corrected chi connectivity index (χ4v) is 5.35. The number of nitriles is 1. The number of nitrogens with one attached hydrogen (secondary N) is 1. The molecule has 0 bridgehead atoms. The van der Waals surface area contributed by atoms with Crippen LogP contribution < -0.4 is 5.32 Å². The van der Waals surface area contributed by atoms with Gasteiger partial charge in [0.25, 0.3) is 0 Å². The van der Waals surface area contributed by atoms with E-state index in [1.807, 2.05) is 6.07 Å². The molecule has 2 heterocycles. The van der Waals surface area contributed by atoms with Gasteiger partial charge in [-0.25, -0.2) is 17.1 Å². The summed E-state index contributed by atoms with van der Waals surface area (Å²) in [6, 6.07) is 6.39. The number of benzene rings is 1. The average molecular weight is 367 g/mol. The summed E-state index contributed by atoms with van der Waals surface area (Å²) in [5, 5.41) is 11.9. The molecule has 0 aromatic heterocycles. The average Bonchev–Trinajstić information content (AvgIpc) is 2.63. The highest BCUT2D eigenvalue weighted by molar-refractivity contribution is 7.89. The Labute approximate surface area is 147 Å². The van der Waals surface area contributed by atoms with E-state index < -0.39 is 15.8 Å². The van der Waals surface area contributed by atoms with E-state index in [0.29, 0.717) is 57.7 Å². The second kappa shape index (κ2) is 7.68. The van der Waals surface area contributed by atoms with E-state index in [2.05, 4.69) is 5.32 Å². The molecule has 3 rings (SSSR count). The van der Waals surface area contributed by atoms with Crippen LogP contribution in [0.3, 0.4) is 0 Å². The van der Waals surface area contributed by atoms with Crippen molar-refractivity contribution in [3.8, 4) is 6.07 Å². The predicted octanol–water partition coefficient (Wildman–Crippen LogP) is 2.08. The standard InChI is InChI=1S/C17H22FN3O3S/c18-16-2-1-3-17(15(16)12-19)20-13-4-8-21(9-5-13)25(22,23)14-6-10-24-11-7-14/h1-3,13-14,20H,4-11H2. The number of hydrogen-bond donors (Lipinski definition) is 1. The normalized spacial score (nSPS) is 21.0. The summed E-state index contributed by atoms with van der Waals surface area (Å²) in [7, 11) is -3.29. The number of hydrogen-bond acceptors (Lipinski definition) is 5. The Bertz CT molecular complexity index is 749. The van der Waals surface area contributed by atoms with Crippen LogP contribution in [0.5, 0.6) is 0 Å². The van der Waals surface area contributed by atoms with E-state index >= 15 is 0 Å². The van der Waals surface area contributed by atoms with Crippen molar-refractivity contribution in [1.82, 2.24) is 4.31 Å². The number of piperidine rings is 1. The highest BCUT2D eigenvalue weighted by atomic mass is 32.2. The van der Waals surface area contributed by atoms with Gasteiger partial charge < -0.3 is 10.1 Å². The van der Waals surface area contributed by atoms with Crippen molar-refractivity contribution in [3.05, 3.63) is 29.6 Å². The molecule has 0 atom stereocenters. The molecule has 1 aromatic rings. The second-order valence-electron chi connectivity index (χ2n) is 6.45. The van der Waals surface area contributed by atoms with Crippen molar-refractivity contribution in [2.24, 2.45) is 0 Å². The van der Waals surface area contributed by atoms with Crippen molar-refractivity contribution in [3.63, 3.8) is 0 Å². The van der Waals surface area contributed by atoms with E-state index in [1.54, 1.807) is 16.4 Å². The minimum atomic E-state index is -3.29. The van der Waals surface area contributed by atoms with Crippen LogP contribution in [-0.2, 0) is 14.8 Å². The second-order valence-corrected chi connectivity index (χ2v) is 8.66. The first-order chi connectivity index (χ1) is 12.0. The molecule has 2 saturated heterocycles. The topological polar surface area (TPSA) is 82.4 Å². The number of rotatable bonds is 4. The number of halogens is 1. The largest absolute Gasteiger partial charge is 0.381 e. The summed E-state index contributed by atoms with van der Waals surface area (Å²) in [6.45, 7) is 1.87. The third kappa shape index (κ3) is 3.94. The fraction of sp³-hybridized carbons (Fsp3) is 0.588. The van der Waals surface area contributed by atoms with Gasteiger partial charge in [-0.1, -0.05) is 6.07 Å². The van der Waals surface area contributed by atoms with Gasteiger partial charge in [-0.3, -0.25) is 0 Å². The SMILES string of the molecule is N#Cc1c(F)cccc1NC1CCN(S(=O)(=O)C2CCOCC2)CC1. The van der Waals surface area contributed by atoms with Crippen molar-refractivity contribution >= 4 is 15.7 Å². The molecule has 0 saturated carbocycles. The van der Waals surface area contributed by atoms with Gasteiger partial charge in [0, 0.05) is 32.3 Å². The highest BCUT2D eigenvalue weighted by Crippen LogP contribution is 2.26. The first kappa shape index (κ1) is 18.1. The summed E-state index contributed by atoms with van der Waals surface area (Å²) in [5.74, 6) is -0.549. The van der Waals surface area contributed by atoms with Crippen molar-refractivity contribution in [1.29, 1.82) is 5.26 Å². The van der Waals surface area contributed by atoms with E-state index in [0.717, 1.165) is 0 Å². The summed E-state index contributed by atoms with van der Waals surface area (Å²) < 4.78 is 45.9. The monoisotopic (exact) mass is 367 g/mol. The summed E-state index contributed by atoms with van der Waals surface area (Å²) in [4.78, 5) is 0. The van der Waals surface area contributed by atoms with E-state index in [-0.39, 0.29) is 16.9 Å². The maximum atomic E-state index is 13.7. The first-order valence-electron chi connectivity index (χ1n) is 8.54. The lowest BCUT2D eigenvalue weighted by atomic mass is 10.1. The number of nitrogens with zero attached hydrogens (tertiary/aromatic N) is 2. The highest BCUT2D eigenvalue weighted by Gasteiger charge is 2.35. The Hall–Kier alpha value is -1.69. The summed E-state index contributed by atoms with van der Waals surface area (Å²) in [6.07, 6.45) is 2.36. The van der Waals surface area contributed by atoms with Crippen LogP contribution in [-0.4, -0.2) is 50.3 Å². The van der Waals surface area contributed by atoms with Crippen molar-refractivity contribution in [2.45, 2.75) is 37.0 Å². The van der Waals surface area contributed by atoms with Gasteiger partial charge >= 0.3 is 0 Å². The Morgan fingerprint density at radius 3 is 2.52 bits per heavy atom. The molecular formula is C17H22FN3O3S. The lowest BCUT2D eigenvalue weighted by Crippen LogP contribution is -2.47. The predicted molar refractivity (Wildman–Crippen MR) is 92.1 cm³/mol. The number of sulfonamides is 1. The molecule has 2 aliphatic heterocycles. The zero-order valence-corrected chi connectivity index (χ0v) is 14.8. The zero-order chi connectivity index (χ0) is 17.9. The molecule has 0 amide bonds. The summed E-state index contributed by atoms with van der Waals surface area (Å²) >= 11 is 0. The molecule has 0 spiro atoms. The number of anilines is 1. The maximum absolute atomic E-state index is 13.7. The molecule has 25 heavy (non-hydrogen) atoms. The first-order valence-corrected chi connectivity index (χ1v) is 10.0. The van der Waals surface area contributed by atoms with Gasteiger partial charge in [0.05, 0.1) is 10.9 Å². The fourth-order valence-electron chi connectivity index (χ4n) is 3.42. The van der Waals surface area contributed by atoms with Crippen LogP contribution >= 0.6 is 0 Å². The van der Waals surface area contributed by atoms with E-state index in [4.69, 9.17) is 10.00 Å². The lowest BCUT2D eigenvalue weighted by Gasteiger charge is -2.35. The van der Waals surface area contributed by atoms with E-state index in [1.165, 1.54) is 6.07 Å². The molecule has 2 fully saturated rings. The van der Waals surface area contributed by atoms with Crippen molar-refractivity contribution < 1.29 is 17.5 Å². The maximum Gasteiger partial charge on any atom is 0.217 e. The smallest absolute Gasteiger partial charge is 0.217 e. The number of ether oxygens (including phenoxy) is 1. The Balaban J connectivity index is 1.61. The van der Waals surface area contributed by atoms with Gasteiger partial charge in [0.2, 0.25) is 10.0 Å². The van der Waals surface area contributed by atoms with Crippen LogP contribution in [0.25, 0.3) is 0 Å². The van der Waals surface area contributed by atoms with Gasteiger partial charge in [0.15, 0.2) is 0 Å². The lowest BCUT2D eigenvalue weighted by molar-refractivity contribution is 0.0969. The summed E-state index contributed by atoms with van der Waals surface area (Å²) in [5.41, 5.74) is 0.466. The molecule has 0 aliphatic carbocycles. The van der Waals surface area contributed by atoms with Gasteiger partial charge in [-0.2, -0.15) is 5.26 Å². The van der Waals surface area contributed by atoms with Crippen LogP contribution in [0.15, 0.2) is 18.2 Å². The van der Waals surface area contributed by atoms with E-state index in [9.17, 15) is 12.8 Å². The Kier molecular flexibility index (Phi) is 5.57. The molecular weight excluding hydrogens is 345 g/mol. The molecule has 6 nitrogen and oxygen atoms in total. The van der Waals surface area contributed by atoms with Crippen LogP contribution in [0.2, 0.25) is 0 Å². The van der Waals surface area contributed by atoms with Crippen molar-refractivity contribution in [2.75, 3.05) is 31.6 Å². The molecule has 0 unspecified atom stereocenters. The minimum Gasteiger partial charge on any atom is -0.381 e. The van der Waals surface area contributed by atoms with Crippen LogP contribution in [0.4, 0.5) is 10.1 Å². The molecule has 2 aliphatic rings. The third-order valence-corrected chi connectivity index (χ3v) is 7.29. The van der Waals surface area contributed by atoms with Gasteiger partial charge in [-0.05, 0) is 37.8 Å². The molecule has 8 heteroatoms. The molecule has 1 aromatic carbocycles. The van der Waals surface area contributed by atoms with Gasteiger partial charge in [-0.15, -0.1) is 0 Å². The Morgan fingerprint density at radius 1 is 1.20 bits per heavy atom. The Morgan fingerprint density at radius 2 is 1.88 bits per heavy atom. The molecule has 1 N–H and O–H groups in total. The van der Waals surface area contributed by atoms with Gasteiger partial charge in [0.1, 0.15) is 17.4 Å². The third-order valence-electron chi connectivity index (χ3n) is 4.89.